The summed E-state index contributed by atoms with van der Waals surface area (Å²) >= 11 is 0. The highest BCUT2D eigenvalue weighted by Gasteiger charge is 2.35. The van der Waals surface area contributed by atoms with Crippen molar-refractivity contribution in [1.29, 1.82) is 0 Å². The summed E-state index contributed by atoms with van der Waals surface area (Å²) in [4.78, 5) is 3.20. The minimum atomic E-state index is -4.74. The molecule has 0 aromatic carbocycles. The highest BCUT2D eigenvalue weighted by atomic mass is 19.4. The van der Waals surface area contributed by atoms with Gasteiger partial charge in [-0.1, -0.05) is 0 Å². The molecule has 0 radical (unpaired) electrons. The molecule has 0 aliphatic rings. The van der Waals surface area contributed by atoms with Crippen LogP contribution in [0.4, 0.5) is 17.6 Å². The number of hydrogen-bond acceptors (Lipinski definition) is 2. The van der Waals surface area contributed by atoms with Gasteiger partial charge in [0.1, 0.15) is 5.56 Å². The van der Waals surface area contributed by atoms with Crippen molar-refractivity contribution >= 4 is 0 Å². The molecule has 0 saturated carbocycles. The van der Waals surface area contributed by atoms with Crippen molar-refractivity contribution in [2.24, 2.45) is 0 Å². The Hall–Kier alpha value is -1.33. The van der Waals surface area contributed by atoms with Crippen molar-refractivity contribution in [3.63, 3.8) is 0 Å². The van der Waals surface area contributed by atoms with Crippen molar-refractivity contribution in [2.75, 3.05) is 7.11 Å². The van der Waals surface area contributed by atoms with Crippen LogP contribution in [0.15, 0.2) is 12.4 Å². The number of alkyl halides is 3. The smallest absolute Gasteiger partial charge is 0.420 e. The van der Waals surface area contributed by atoms with E-state index in [2.05, 4.69) is 9.72 Å². The van der Waals surface area contributed by atoms with Crippen LogP contribution in [-0.2, 0) is 6.18 Å². The predicted octanol–water partition coefficient (Wildman–Crippen LogP) is 2.25. The molecule has 1 aromatic heterocycles. The first kappa shape index (κ1) is 9.76. The minimum Gasteiger partial charge on any atom is -0.492 e. The van der Waals surface area contributed by atoms with E-state index in [1.807, 2.05) is 0 Å². The highest BCUT2D eigenvalue weighted by molar-refractivity contribution is 5.28. The maximum atomic E-state index is 12.9. The van der Waals surface area contributed by atoms with Crippen molar-refractivity contribution in [1.82, 2.24) is 4.98 Å². The standard InChI is InChI=1S/C7H5F4NO/c1-13-5-3-12-2-4(6(5)8)7(9,10)11/h2-3H,1H3. The zero-order valence-corrected chi connectivity index (χ0v) is 6.52. The number of halogens is 4. The summed E-state index contributed by atoms with van der Waals surface area (Å²) in [6, 6.07) is 0. The molecule has 0 spiro atoms. The molecule has 0 atom stereocenters. The van der Waals surface area contributed by atoms with E-state index in [1.165, 1.54) is 0 Å². The first-order chi connectivity index (χ1) is 5.96. The lowest BCUT2D eigenvalue weighted by Gasteiger charge is -2.08. The minimum absolute atomic E-state index is 0.415. The second kappa shape index (κ2) is 3.20. The molecular weight excluding hydrogens is 190 g/mol. The van der Waals surface area contributed by atoms with Gasteiger partial charge in [0.05, 0.1) is 13.3 Å². The normalized spacial score (nSPS) is 11.5. The summed E-state index contributed by atoms with van der Waals surface area (Å²) in [6.45, 7) is 0. The lowest BCUT2D eigenvalue weighted by Crippen LogP contribution is -2.09. The molecule has 0 aliphatic heterocycles. The third kappa shape index (κ3) is 1.88. The van der Waals surface area contributed by atoms with Gasteiger partial charge in [0, 0.05) is 6.20 Å². The van der Waals surface area contributed by atoms with Gasteiger partial charge in [-0.15, -0.1) is 0 Å². The molecule has 1 rings (SSSR count). The van der Waals surface area contributed by atoms with Gasteiger partial charge in [0.25, 0.3) is 0 Å². The molecule has 0 bridgehead atoms. The average molecular weight is 195 g/mol. The van der Waals surface area contributed by atoms with Crippen molar-refractivity contribution in [3.05, 3.63) is 23.8 Å². The summed E-state index contributed by atoms with van der Waals surface area (Å²) < 4.78 is 53.3. The molecule has 0 N–H and O–H groups in total. The Morgan fingerprint density at radius 1 is 1.31 bits per heavy atom. The van der Waals surface area contributed by atoms with Crippen LogP contribution in [-0.4, -0.2) is 12.1 Å². The maximum Gasteiger partial charge on any atom is 0.420 e. The van der Waals surface area contributed by atoms with Gasteiger partial charge < -0.3 is 4.74 Å². The summed E-state index contributed by atoms with van der Waals surface area (Å²) in [7, 11) is 1.07. The lowest BCUT2D eigenvalue weighted by molar-refractivity contribution is -0.140. The van der Waals surface area contributed by atoms with Gasteiger partial charge in [-0.25, -0.2) is 4.39 Å². The molecule has 0 saturated heterocycles. The fraction of sp³-hybridized carbons (Fsp3) is 0.286. The van der Waals surface area contributed by atoms with E-state index in [1.54, 1.807) is 0 Å². The van der Waals surface area contributed by atoms with Crippen molar-refractivity contribution < 1.29 is 22.3 Å². The predicted molar refractivity (Wildman–Crippen MR) is 35.7 cm³/mol. The quantitative estimate of drug-likeness (QED) is 0.641. The molecule has 1 heterocycles. The van der Waals surface area contributed by atoms with E-state index in [9.17, 15) is 17.6 Å². The van der Waals surface area contributed by atoms with Crippen LogP contribution in [0.1, 0.15) is 5.56 Å². The van der Waals surface area contributed by atoms with Crippen LogP contribution < -0.4 is 4.74 Å². The molecule has 6 heteroatoms. The fourth-order valence-corrected chi connectivity index (χ4v) is 0.766. The lowest BCUT2D eigenvalue weighted by atomic mass is 10.2. The first-order valence-corrected chi connectivity index (χ1v) is 3.21. The molecule has 72 valence electrons. The molecule has 0 fully saturated rings. The van der Waals surface area contributed by atoms with Gasteiger partial charge in [0.15, 0.2) is 11.6 Å². The average Bonchev–Trinajstić information content (AvgIpc) is 2.02. The van der Waals surface area contributed by atoms with E-state index in [0.717, 1.165) is 13.3 Å². The molecule has 1 aromatic rings. The maximum absolute atomic E-state index is 12.9. The fourth-order valence-electron chi connectivity index (χ4n) is 0.766. The Kier molecular flexibility index (Phi) is 2.40. The Morgan fingerprint density at radius 2 is 1.92 bits per heavy atom. The SMILES string of the molecule is COc1cncc(C(F)(F)F)c1F. The van der Waals surface area contributed by atoms with Crippen LogP contribution in [0.25, 0.3) is 0 Å². The van der Waals surface area contributed by atoms with Gasteiger partial charge >= 0.3 is 6.18 Å². The molecule has 2 nitrogen and oxygen atoms in total. The van der Waals surface area contributed by atoms with Gasteiger partial charge in [-0.3, -0.25) is 4.98 Å². The number of hydrogen-bond donors (Lipinski definition) is 0. The highest BCUT2D eigenvalue weighted by Crippen LogP contribution is 2.33. The van der Waals surface area contributed by atoms with E-state index < -0.39 is 23.3 Å². The number of ether oxygens (including phenoxy) is 1. The molecular formula is C7H5F4NO. The number of methoxy groups -OCH3 is 1. The monoisotopic (exact) mass is 195 g/mol. The van der Waals surface area contributed by atoms with E-state index in [0.29, 0.717) is 6.20 Å². The van der Waals surface area contributed by atoms with Crippen LogP contribution in [0.2, 0.25) is 0 Å². The summed E-state index contributed by atoms with van der Waals surface area (Å²) in [5, 5.41) is 0. The number of rotatable bonds is 1. The third-order valence-electron chi connectivity index (χ3n) is 1.37. The van der Waals surface area contributed by atoms with Crippen LogP contribution in [0.3, 0.4) is 0 Å². The zero-order chi connectivity index (χ0) is 10.1. The van der Waals surface area contributed by atoms with Crippen LogP contribution in [0.5, 0.6) is 5.75 Å². The van der Waals surface area contributed by atoms with Gasteiger partial charge in [0.2, 0.25) is 0 Å². The Bertz CT molecular complexity index is 310. The van der Waals surface area contributed by atoms with E-state index in [4.69, 9.17) is 0 Å². The van der Waals surface area contributed by atoms with Crippen molar-refractivity contribution in [2.45, 2.75) is 6.18 Å². The van der Waals surface area contributed by atoms with E-state index in [-0.39, 0.29) is 0 Å². The molecule has 0 amide bonds. The molecule has 13 heavy (non-hydrogen) atoms. The summed E-state index contributed by atoms with van der Waals surface area (Å²) in [5.41, 5.74) is -1.42. The summed E-state index contributed by atoms with van der Waals surface area (Å²) in [5.74, 6) is -1.96. The van der Waals surface area contributed by atoms with Gasteiger partial charge in [-0.05, 0) is 0 Å². The van der Waals surface area contributed by atoms with Crippen LogP contribution in [0, 0.1) is 5.82 Å². The second-order valence-electron chi connectivity index (χ2n) is 2.20. The van der Waals surface area contributed by atoms with Crippen LogP contribution >= 0.6 is 0 Å². The molecule has 0 unspecified atom stereocenters. The third-order valence-corrected chi connectivity index (χ3v) is 1.37. The summed E-state index contributed by atoms with van der Waals surface area (Å²) in [6.07, 6.45) is -3.45. The van der Waals surface area contributed by atoms with Gasteiger partial charge in [-0.2, -0.15) is 13.2 Å². The first-order valence-electron chi connectivity index (χ1n) is 3.21. The van der Waals surface area contributed by atoms with E-state index >= 15 is 0 Å². The molecule has 0 aliphatic carbocycles. The Morgan fingerprint density at radius 3 is 2.38 bits per heavy atom. The Balaban J connectivity index is 3.24. The Labute approximate surface area is 71.2 Å². The number of aromatic nitrogens is 1. The second-order valence-corrected chi connectivity index (χ2v) is 2.20. The largest absolute Gasteiger partial charge is 0.492 e. The number of nitrogens with zero attached hydrogens (tertiary/aromatic N) is 1. The van der Waals surface area contributed by atoms with Crippen molar-refractivity contribution in [3.8, 4) is 5.75 Å². The zero-order valence-electron chi connectivity index (χ0n) is 6.52. The topological polar surface area (TPSA) is 22.1 Å². The number of pyridine rings is 1.